The van der Waals surface area contributed by atoms with Gasteiger partial charge in [-0.25, -0.2) is 0 Å². The molecule has 0 N–H and O–H groups in total. The van der Waals surface area contributed by atoms with Crippen LogP contribution in [-0.4, -0.2) is 0 Å². The fourth-order valence-electron chi connectivity index (χ4n) is 2.30. The number of benzene rings is 2. The van der Waals surface area contributed by atoms with Crippen LogP contribution in [0.5, 0.6) is 0 Å². The van der Waals surface area contributed by atoms with E-state index in [1.807, 2.05) is 44.2 Å². The first-order valence-corrected chi connectivity index (χ1v) is 5.59. The Kier molecular flexibility index (Phi) is 2.05. The number of aryl methyl sites for hydroxylation is 2. The molecule has 1 aromatic heterocycles. The molecule has 0 saturated heterocycles. The molecule has 3 aromatic rings. The number of para-hydroxylation sites is 1. The molecule has 17 heavy (non-hydrogen) atoms. The first kappa shape index (κ1) is 10.1. The molecule has 0 aliphatic carbocycles. The molecule has 0 bridgehead atoms. The fourth-order valence-corrected chi connectivity index (χ4v) is 2.30. The van der Waals surface area contributed by atoms with Gasteiger partial charge < -0.3 is 4.42 Å². The van der Waals surface area contributed by atoms with Gasteiger partial charge in [0.05, 0.1) is 10.8 Å². The van der Waals surface area contributed by atoms with E-state index in [0.717, 1.165) is 11.1 Å². The van der Waals surface area contributed by atoms with Crippen LogP contribution in [0.2, 0.25) is 0 Å². The van der Waals surface area contributed by atoms with Crippen LogP contribution >= 0.6 is 0 Å². The third-order valence-electron chi connectivity index (χ3n) is 3.02. The second-order valence-corrected chi connectivity index (χ2v) is 4.38. The zero-order valence-electron chi connectivity index (χ0n) is 9.78. The summed E-state index contributed by atoms with van der Waals surface area (Å²) in [6, 6.07) is 11.3. The van der Waals surface area contributed by atoms with Crippen molar-refractivity contribution in [2.45, 2.75) is 13.8 Å². The lowest BCUT2D eigenvalue weighted by molar-refractivity contribution is 0.659. The lowest BCUT2D eigenvalue weighted by Gasteiger charge is -2.04. The molecule has 0 radical (unpaired) electrons. The van der Waals surface area contributed by atoms with Gasteiger partial charge in [0.15, 0.2) is 0 Å². The van der Waals surface area contributed by atoms with E-state index in [1.165, 1.54) is 0 Å². The van der Waals surface area contributed by atoms with Crippen molar-refractivity contribution in [2.75, 3.05) is 0 Å². The molecular formula is C15H12O2. The molecule has 2 nitrogen and oxygen atoms in total. The molecule has 0 aliphatic rings. The number of rotatable bonds is 0. The van der Waals surface area contributed by atoms with Crippen LogP contribution in [0.4, 0.5) is 0 Å². The third kappa shape index (κ3) is 1.45. The summed E-state index contributed by atoms with van der Waals surface area (Å²) < 4.78 is 5.79. The molecule has 2 aromatic carbocycles. The monoisotopic (exact) mass is 224 g/mol. The molecule has 0 fully saturated rings. The topological polar surface area (TPSA) is 30.2 Å². The fraction of sp³-hybridized carbons (Fsp3) is 0.133. The van der Waals surface area contributed by atoms with E-state index >= 15 is 0 Å². The Morgan fingerprint density at radius 2 is 1.76 bits per heavy atom. The molecule has 1 heterocycles. The predicted octanol–water partition coefficient (Wildman–Crippen LogP) is 3.56. The van der Waals surface area contributed by atoms with E-state index in [0.29, 0.717) is 21.9 Å². The lowest BCUT2D eigenvalue weighted by atomic mass is 10.0. The van der Waals surface area contributed by atoms with E-state index in [9.17, 15) is 4.79 Å². The van der Waals surface area contributed by atoms with Crippen molar-refractivity contribution in [1.82, 2.24) is 0 Å². The summed E-state index contributed by atoms with van der Waals surface area (Å²) in [6.45, 7) is 3.95. The Hall–Kier alpha value is -2.09. The summed E-state index contributed by atoms with van der Waals surface area (Å²) in [5, 5.41) is 1.33. The molecule has 0 unspecified atom stereocenters. The Balaban J connectivity index is 2.64. The summed E-state index contributed by atoms with van der Waals surface area (Å²) in [4.78, 5) is 12.4. The van der Waals surface area contributed by atoms with E-state index in [1.54, 1.807) is 6.07 Å². The van der Waals surface area contributed by atoms with Gasteiger partial charge in [0.25, 0.3) is 0 Å². The molecule has 0 amide bonds. The molecule has 0 saturated carbocycles. The zero-order chi connectivity index (χ0) is 12.0. The van der Waals surface area contributed by atoms with Gasteiger partial charge >= 0.3 is 0 Å². The maximum Gasteiger partial charge on any atom is 0.200 e. The average molecular weight is 224 g/mol. The van der Waals surface area contributed by atoms with Crippen molar-refractivity contribution in [3.05, 3.63) is 57.7 Å². The SMILES string of the molecule is Cc1cc(C)c2c(=O)c3ccccc3oc2c1. The predicted molar refractivity (Wildman–Crippen MR) is 69.5 cm³/mol. The second-order valence-electron chi connectivity index (χ2n) is 4.38. The van der Waals surface area contributed by atoms with Crippen LogP contribution < -0.4 is 5.43 Å². The summed E-state index contributed by atoms with van der Waals surface area (Å²) >= 11 is 0. The van der Waals surface area contributed by atoms with Crippen LogP contribution in [0, 0.1) is 13.8 Å². The van der Waals surface area contributed by atoms with Crippen molar-refractivity contribution in [1.29, 1.82) is 0 Å². The summed E-state index contributed by atoms with van der Waals surface area (Å²) in [7, 11) is 0. The van der Waals surface area contributed by atoms with Gasteiger partial charge in [0.1, 0.15) is 11.2 Å². The largest absolute Gasteiger partial charge is 0.456 e. The highest BCUT2D eigenvalue weighted by Gasteiger charge is 2.09. The minimum Gasteiger partial charge on any atom is -0.456 e. The molecule has 2 heteroatoms. The molecule has 0 atom stereocenters. The van der Waals surface area contributed by atoms with Gasteiger partial charge in [0, 0.05) is 0 Å². The maximum atomic E-state index is 12.4. The van der Waals surface area contributed by atoms with Crippen molar-refractivity contribution >= 4 is 21.9 Å². The Morgan fingerprint density at radius 1 is 1.00 bits per heavy atom. The van der Waals surface area contributed by atoms with Crippen molar-refractivity contribution in [3.8, 4) is 0 Å². The van der Waals surface area contributed by atoms with Crippen LogP contribution in [0.3, 0.4) is 0 Å². The highest BCUT2D eigenvalue weighted by molar-refractivity contribution is 5.91. The summed E-state index contributed by atoms with van der Waals surface area (Å²) in [5.41, 5.74) is 3.45. The van der Waals surface area contributed by atoms with E-state index in [4.69, 9.17) is 4.42 Å². The molecule has 84 valence electrons. The van der Waals surface area contributed by atoms with Crippen LogP contribution in [0.15, 0.2) is 45.6 Å². The Labute approximate surface area is 98.5 Å². The normalized spacial score (nSPS) is 11.2. The number of fused-ring (bicyclic) bond motifs is 2. The van der Waals surface area contributed by atoms with Crippen LogP contribution in [-0.2, 0) is 0 Å². The molecular weight excluding hydrogens is 212 g/mol. The van der Waals surface area contributed by atoms with Gasteiger partial charge in [-0.2, -0.15) is 0 Å². The van der Waals surface area contributed by atoms with Crippen molar-refractivity contribution in [3.63, 3.8) is 0 Å². The maximum absolute atomic E-state index is 12.4. The van der Waals surface area contributed by atoms with Gasteiger partial charge in [-0.05, 0) is 43.2 Å². The quantitative estimate of drug-likeness (QED) is 0.546. The second kappa shape index (κ2) is 3.45. The van der Waals surface area contributed by atoms with E-state index < -0.39 is 0 Å². The Morgan fingerprint density at radius 3 is 2.59 bits per heavy atom. The highest BCUT2D eigenvalue weighted by Crippen LogP contribution is 2.22. The van der Waals surface area contributed by atoms with E-state index in [2.05, 4.69) is 0 Å². The average Bonchev–Trinajstić information content (AvgIpc) is 2.28. The molecule has 0 spiro atoms. The van der Waals surface area contributed by atoms with Crippen molar-refractivity contribution < 1.29 is 4.42 Å². The summed E-state index contributed by atoms with van der Waals surface area (Å²) in [5.74, 6) is 0. The minimum atomic E-state index is 0.0550. The van der Waals surface area contributed by atoms with Crippen LogP contribution in [0.1, 0.15) is 11.1 Å². The molecule has 0 aliphatic heterocycles. The smallest absolute Gasteiger partial charge is 0.200 e. The number of hydrogen-bond donors (Lipinski definition) is 0. The first-order valence-electron chi connectivity index (χ1n) is 5.59. The minimum absolute atomic E-state index is 0.0550. The van der Waals surface area contributed by atoms with Gasteiger partial charge in [-0.3, -0.25) is 4.79 Å². The van der Waals surface area contributed by atoms with Gasteiger partial charge in [-0.15, -0.1) is 0 Å². The molecule has 3 rings (SSSR count). The first-order chi connectivity index (χ1) is 8.16. The zero-order valence-corrected chi connectivity index (χ0v) is 9.78. The Bertz CT molecular complexity index is 782. The van der Waals surface area contributed by atoms with Gasteiger partial charge in [0.2, 0.25) is 5.43 Å². The van der Waals surface area contributed by atoms with Crippen molar-refractivity contribution in [2.24, 2.45) is 0 Å². The lowest BCUT2D eigenvalue weighted by Crippen LogP contribution is -2.03. The van der Waals surface area contributed by atoms with Crippen LogP contribution in [0.25, 0.3) is 21.9 Å². The van der Waals surface area contributed by atoms with E-state index in [-0.39, 0.29) is 5.43 Å². The summed E-state index contributed by atoms with van der Waals surface area (Å²) in [6.07, 6.45) is 0. The number of hydrogen-bond acceptors (Lipinski definition) is 2. The third-order valence-corrected chi connectivity index (χ3v) is 3.02. The standard InChI is InChI=1S/C15H12O2/c1-9-7-10(2)14-13(8-9)17-12-6-4-3-5-11(12)15(14)16/h3-8H,1-2H3. The highest BCUT2D eigenvalue weighted by atomic mass is 16.3. The van der Waals surface area contributed by atoms with Gasteiger partial charge in [-0.1, -0.05) is 18.2 Å².